The third kappa shape index (κ3) is 4.42. The van der Waals surface area contributed by atoms with Crippen LogP contribution < -0.4 is 0 Å². The second-order valence-electron chi connectivity index (χ2n) is 5.14. The van der Waals surface area contributed by atoms with Gasteiger partial charge in [-0.15, -0.1) is 11.3 Å². The number of nitrogens with one attached hydrogen (secondary N) is 1. The van der Waals surface area contributed by atoms with E-state index in [0.29, 0.717) is 3.95 Å². The molecule has 0 unspecified atom stereocenters. The van der Waals surface area contributed by atoms with E-state index in [4.69, 9.17) is 12.2 Å². The smallest absolute Gasteiger partial charge is 0.341 e. The number of likely N-dealkylation sites (N-methyl/N-ethyl adjacent to an activating group) is 1. The SMILES string of the molecule is Cc1[nH]c(=S)sc1CC(=O)N(C)Cc1ccccc1C(F)(F)F. The van der Waals surface area contributed by atoms with Gasteiger partial charge in [-0.3, -0.25) is 4.79 Å². The summed E-state index contributed by atoms with van der Waals surface area (Å²) in [5.74, 6) is -0.254. The Morgan fingerprint density at radius 3 is 2.57 bits per heavy atom. The summed E-state index contributed by atoms with van der Waals surface area (Å²) in [5.41, 5.74) is 0.180. The van der Waals surface area contributed by atoms with Crippen LogP contribution in [0, 0.1) is 10.9 Å². The van der Waals surface area contributed by atoms with Gasteiger partial charge in [0.05, 0.1) is 12.0 Å². The second kappa shape index (κ2) is 6.84. The standard InChI is InChI=1S/C15H15F3N2OS2/c1-9-12(23-14(22)19-9)7-13(21)20(2)8-10-5-3-4-6-11(10)15(16,17)18/h3-6H,7-8H2,1-2H3,(H,19,22). The minimum Gasteiger partial charge on any atom is -0.341 e. The fraction of sp³-hybridized carbons (Fsp3) is 0.333. The van der Waals surface area contributed by atoms with E-state index in [1.807, 2.05) is 6.92 Å². The molecule has 0 bridgehead atoms. The van der Waals surface area contributed by atoms with E-state index in [1.165, 1.54) is 41.5 Å². The molecule has 0 saturated carbocycles. The quantitative estimate of drug-likeness (QED) is 0.824. The van der Waals surface area contributed by atoms with Crippen LogP contribution in [0.3, 0.4) is 0 Å². The summed E-state index contributed by atoms with van der Waals surface area (Å²) < 4.78 is 39.5. The number of nitrogens with zero attached hydrogens (tertiary/aromatic N) is 1. The zero-order valence-corrected chi connectivity index (χ0v) is 14.2. The summed E-state index contributed by atoms with van der Waals surface area (Å²) in [4.78, 5) is 17.3. The third-order valence-electron chi connectivity index (χ3n) is 3.39. The van der Waals surface area contributed by atoms with Gasteiger partial charge in [-0.2, -0.15) is 13.2 Å². The Morgan fingerprint density at radius 1 is 1.35 bits per heavy atom. The van der Waals surface area contributed by atoms with Gasteiger partial charge in [-0.1, -0.05) is 18.2 Å². The average Bonchev–Trinajstić information content (AvgIpc) is 2.76. The molecule has 0 spiro atoms. The predicted molar refractivity (Wildman–Crippen MR) is 85.9 cm³/mol. The van der Waals surface area contributed by atoms with Crippen molar-refractivity contribution in [2.45, 2.75) is 26.1 Å². The Bertz CT molecular complexity index is 765. The van der Waals surface area contributed by atoms with E-state index >= 15 is 0 Å². The Labute approximate surface area is 140 Å². The van der Waals surface area contributed by atoms with Crippen molar-refractivity contribution >= 4 is 29.5 Å². The molecule has 0 aliphatic rings. The molecule has 23 heavy (non-hydrogen) atoms. The molecular weight excluding hydrogens is 345 g/mol. The van der Waals surface area contributed by atoms with Crippen LogP contribution in [0.4, 0.5) is 13.2 Å². The Morgan fingerprint density at radius 2 is 2.00 bits per heavy atom. The van der Waals surface area contributed by atoms with Crippen molar-refractivity contribution in [2.75, 3.05) is 7.05 Å². The van der Waals surface area contributed by atoms with Gasteiger partial charge in [0.15, 0.2) is 3.95 Å². The summed E-state index contributed by atoms with van der Waals surface area (Å²) in [6.45, 7) is 1.72. The maximum Gasteiger partial charge on any atom is 0.416 e. The number of carbonyl (C=O) groups excluding carboxylic acids is 1. The van der Waals surface area contributed by atoms with Crippen molar-refractivity contribution in [2.24, 2.45) is 0 Å². The number of aromatic nitrogens is 1. The van der Waals surface area contributed by atoms with Crippen molar-refractivity contribution in [1.29, 1.82) is 0 Å². The molecule has 124 valence electrons. The van der Waals surface area contributed by atoms with E-state index in [0.717, 1.165) is 16.6 Å². The lowest BCUT2D eigenvalue weighted by Crippen LogP contribution is -2.28. The number of benzene rings is 1. The van der Waals surface area contributed by atoms with E-state index < -0.39 is 11.7 Å². The molecule has 0 aliphatic carbocycles. The molecular formula is C15H15F3N2OS2. The summed E-state index contributed by atoms with van der Waals surface area (Å²) in [5, 5.41) is 0. The van der Waals surface area contributed by atoms with Gasteiger partial charge < -0.3 is 9.88 Å². The normalized spacial score (nSPS) is 11.5. The van der Waals surface area contributed by atoms with E-state index in [-0.39, 0.29) is 24.4 Å². The number of halogens is 3. The highest BCUT2D eigenvalue weighted by molar-refractivity contribution is 7.73. The van der Waals surface area contributed by atoms with Crippen LogP contribution in [-0.2, 0) is 23.9 Å². The molecule has 1 heterocycles. The van der Waals surface area contributed by atoms with Crippen molar-refractivity contribution in [3.8, 4) is 0 Å². The minimum absolute atomic E-state index is 0.0780. The number of thiazole rings is 1. The molecule has 1 amide bonds. The predicted octanol–water partition coefficient (Wildman–Crippen LogP) is 4.33. The number of amides is 1. The number of alkyl halides is 3. The van der Waals surface area contributed by atoms with Gasteiger partial charge >= 0.3 is 6.18 Å². The Kier molecular flexibility index (Phi) is 5.26. The van der Waals surface area contributed by atoms with E-state index in [2.05, 4.69) is 4.98 Å². The molecule has 2 rings (SSSR count). The summed E-state index contributed by atoms with van der Waals surface area (Å²) in [6, 6.07) is 5.28. The fourth-order valence-corrected chi connectivity index (χ4v) is 3.44. The number of aromatic amines is 1. The van der Waals surface area contributed by atoms with Crippen LogP contribution in [0.1, 0.15) is 21.7 Å². The lowest BCUT2D eigenvalue weighted by atomic mass is 10.1. The van der Waals surface area contributed by atoms with Crippen LogP contribution >= 0.6 is 23.6 Å². The molecule has 0 atom stereocenters. The molecule has 1 aromatic carbocycles. The van der Waals surface area contributed by atoms with Gasteiger partial charge in [0.25, 0.3) is 0 Å². The number of rotatable bonds is 4. The van der Waals surface area contributed by atoms with E-state index in [1.54, 1.807) is 0 Å². The third-order valence-corrected chi connectivity index (χ3v) is 4.73. The fourth-order valence-electron chi connectivity index (χ4n) is 2.16. The maximum atomic E-state index is 13.0. The first-order chi connectivity index (χ1) is 10.7. The van der Waals surface area contributed by atoms with Crippen LogP contribution in [0.2, 0.25) is 0 Å². The second-order valence-corrected chi connectivity index (χ2v) is 6.92. The van der Waals surface area contributed by atoms with Gasteiger partial charge in [0.2, 0.25) is 5.91 Å². The summed E-state index contributed by atoms with van der Waals surface area (Å²) >= 11 is 6.32. The van der Waals surface area contributed by atoms with Crippen molar-refractivity contribution < 1.29 is 18.0 Å². The van der Waals surface area contributed by atoms with Crippen molar-refractivity contribution in [3.05, 3.63) is 49.9 Å². The first-order valence-corrected chi connectivity index (χ1v) is 7.98. The van der Waals surface area contributed by atoms with Gasteiger partial charge in [-0.25, -0.2) is 0 Å². The number of H-pyrrole nitrogens is 1. The van der Waals surface area contributed by atoms with Crippen LogP contribution in [0.25, 0.3) is 0 Å². The van der Waals surface area contributed by atoms with Gasteiger partial charge in [0.1, 0.15) is 0 Å². The molecule has 0 fully saturated rings. The Hall–Kier alpha value is -1.67. The van der Waals surface area contributed by atoms with E-state index in [9.17, 15) is 18.0 Å². The van der Waals surface area contributed by atoms with Crippen LogP contribution in [0.15, 0.2) is 24.3 Å². The minimum atomic E-state index is -4.43. The number of aryl methyl sites for hydroxylation is 1. The van der Waals surface area contributed by atoms with Crippen LogP contribution in [-0.4, -0.2) is 22.8 Å². The highest BCUT2D eigenvalue weighted by Crippen LogP contribution is 2.32. The van der Waals surface area contributed by atoms with Crippen molar-refractivity contribution in [1.82, 2.24) is 9.88 Å². The first-order valence-electron chi connectivity index (χ1n) is 6.76. The topological polar surface area (TPSA) is 36.1 Å². The number of hydrogen-bond acceptors (Lipinski definition) is 3. The molecule has 1 N–H and O–H groups in total. The highest BCUT2D eigenvalue weighted by atomic mass is 32.1. The van der Waals surface area contributed by atoms with Gasteiger partial charge in [-0.05, 0) is 30.8 Å². The molecule has 2 aromatic rings. The lowest BCUT2D eigenvalue weighted by molar-refractivity contribution is -0.139. The largest absolute Gasteiger partial charge is 0.416 e. The first kappa shape index (κ1) is 17.7. The molecule has 3 nitrogen and oxygen atoms in total. The number of hydrogen-bond donors (Lipinski definition) is 1. The zero-order chi connectivity index (χ0) is 17.2. The van der Waals surface area contributed by atoms with Crippen LogP contribution in [0.5, 0.6) is 0 Å². The van der Waals surface area contributed by atoms with Crippen molar-refractivity contribution in [3.63, 3.8) is 0 Å². The monoisotopic (exact) mass is 360 g/mol. The average molecular weight is 360 g/mol. The molecule has 0 aliphatic heterocycles. The highest BCUT2D eigenvalue weighted by Gasteiger charge is 2.33. The summed E-state index contributed by atoms with van der Waals surface area (Å²) in [7, 11) is 1.50. The lowest BCUT2D eigenvalue weighted by Gasteiger charge is -2.20. The molecule has 8 heteroatoms. The molecule has 0 saturated heterocycles. The maximum absolute atomic E-state index is 13.0. The molecule has 0 radical (unpaired) electrons. The Balaban J connectivity index is 2.13. The number of carbonyl (C=O) groups is 1. The zero-order valence-electron chi connectivity index (χ0n) is 12.5. The molecule has 1 aromatic heterocycles. The van der Waals surface area contributed by atoms with Gasteiger partial charge in [0, 0.05) is 24.2 Å². The summed E-state index contributed by atoms with van der Waals surface area (Å²) in [6.07, 6.45) is -4.31.